The van der Waals surface area contributed by atoms with Crippen molar-refractivity contribution in [3.05, 3.63) is 35.6 Å². The average molecular weight is 280 g/mol. The summed E-state index contributed by atoms with van der Waals surface area (Å²) in [6, 6.07) is 6.45. The number of amides is 1. The molecule has 110 valence electrons. The normalized spacial score (nSPS) is 19.9. The van der Waals surface area contributed by atoms with E-state index in [2.05, 4.69) is 4.90 Å². The van der Waals surface area contributed by atoms with Gasteiger partial charge in [-0.25, -0.2) is 9.45 Å². The quantitative estimate of drug-likeness (QED) is 0.795. The highest BCUT2D eigenvalue weighted by Gasteiger charge is 2.28. The third-order valence-electron chi connectivity index (χ3n) is 3.63. The third-order valence-corrected chi connectivity index (χ3v) is 3.63. The number of carbonyl (C=O) groups excluding carboxylic acids is 1. The highest BCUT2D eigenvalue weighted by molar-refractivity contribution is 5.72. The van der Waals surface area contributed by atoms with Crippen LogP contribution in [0.25, 0.3) is 0 Å². The lowest BCUT2D eigenvalue weighted by atomic mass is 10.1. The molecule has 1 aromatic carbocycles. The van der Waals surface area contributed by atoms with Gasteiger partial charge in [0.1, 0.15) is 18.6 Å². The second-order valence-corrected chi connectivity index (χ2v) is 5.17. The van der Waals surface area contributed by atoms with Crippen LogP contribution in [0.4, 0.5) is 4.39 Å². The van der Waals surface area contributed by atoms with Crippen molar-refractivity contribution < 1.29 is 14.0 Å². The Balaban J connectivity index is 2.03. The van der Waals surface area contributed by atoms with Crippen LogP contribution >= 0.6 is 0 Å². The topological polar surface area (TPSA) is 32.8 Å². The van der Waals surface area contributed by atoms with Crippen LogP contribution in [0, 0.1) is 5.82 Å². The standard InChI is InChI=1S/C15H21FN2O2/c1-12(19)18(15-9-5-6-10-17(15)2)20-11-13-7-3-4-8-14(13)16/h3-4,7-8,15H,5-6,9-11H2,1-2H3. The van der Waals surface area contributed by atoms with Gasteiger partial charge in [0.15, 0.2) is 0 Å². The molecule has 1 aliphatic rings. The first-order valence-corrected chi connectivity index (χ1v) is 6.96. The van der Waals surface area contributed by atoms with Gasteiger partial charge in [-0.2, -0.15) is 0 Å². The number of hydrogen-bond donors (Lipinski definition) is 0. The maximum atomic E-state index is 13.6. The lowest BCUT2D eigenvalue weighted by Gasteiger charge is -2.39. The third kappa shape index (κ3) is 3.55. The summed E-state index contributed by atoms with van der Waals surface area (Å²) in [5.74, 6) is -0.465. The van der Waals surface area contributed by atoms with Gasteiger partial charge in [0.25, 0.3) is 0 Å². The van der Waals surface area contributed by atoms with Crippen molar-refractivity contribution in [2.75, 3.05) is 13.6 Å². The van der Waals surface area contributed by atoms with Gasteiger partial charge in [-0.3, -0.25) is 14.5 Å². The maximum absolute atomic E-state index is 13.6. The number of piperidine rings is 1. The number of rotatable bonds is 4. The number of hydroxylamine groups is 2. The van der Waals surface area contributed by atoms with E-state index in [9.17, 15) is 9.18 Å². The minimum Gasteiger partial charge on any atom is -0.285 e. The fraction of sp³-hybridized carbons (Fsp3) is 0.533. The molecule has 0 aliphatic carbocycles. The van der Waals surface area contributed by atoms with E-state index in [0.29, 0.717) is 5.56 Å². The number of halogens is 1. The Morgan fingerprint density at radius 1 is 1.45 bits per heavy atom. The molecule has 2 rings (SSSR count). The molecule has 1 heterocycles. The zero-order valence-corrected chi connectivity index (χ0v) is 12.0. The summed E-state index contributed by atoms with van der Waals surface area (Å²) in [7, 11) is 1.98. The molecule has 0 spiro atoms. The van der Waals surface area contributed by atoms with E-state index in [4.69, 9.17) is 4.84 Å². The molecule has 0 radical (unpaired) electrons. The van der Waals surface area contributed by atoms with Crippen LogP contribution in [0.2, 0.25) is 0 Å². The summed E-state index contributed by atoms with van der Waals surface area (Å²) in [5.41, 5.74) is 0.456. The Kier molecular flexibility index (Phi) is 5.09. The summed E-state index contributed by atoms with van der Waals surface area (Å²) >= 11 is 0. The maximum Gasteiger partial charge on any atom is 0.244 e. The number of carbonyl (C=O) groups is 1. The summed E-state index contributed by atoms with van der Waals surface area (Å²) in [5, 5.41) is 1.38. The number of likely N-dealkylation sites (tertiary alicyclic amines) is 1. The lowest BCUT2D eigenvalue weighted by molar-refractivity contribution is -0.226. The van der Waals surface area contributed by atoms with E-state index in [1.807, 2.05) is 7.05 Å². The molecule has 1 fully saturated rings. The van der Waals surface area contributed by atoms with Gasteiger partial charge in [-0.15, -0.1) is 0 Å². The van der Waals surface area contributed by atoms with Crippen LogP contribution in [0.1, 0.15) is 31.7 Å². The first-order valence-electron chi connectivity index (χ1n) is 6.96. The minimum atomic E-state index is -0.312. The summed E-state index contributed by atoms with van der Waals surface area (Å²) in [6.07, 6.45) is 3.02. The Morgan fingerprint density at radius 3 is 2.85 bits per heavy atom. The number of benzene rings is 1. The number of nitrogens with zero attached hydrogens (tertiary/aromatic N) is 2. The Bertz CT molecular complexity index is 467. The molecule has 4 nitrogen and oxygen atoms in total. The molecule has 0 aromatic heterocycles. The SMILES string of the molecule is CC(=O)N(OCc1ccccc1F)C1CCCCN1C. The summed E-state index contributed by atoms with van der Waals surface area (Å²) in [4.78, 5) is 19.5. The Labute approximate surface area is 119 Å². The van der Waals surface area contributed by atoms with Gasteiger partial charge in [0.05, 0.1) is 0 Å². The first-order chi connectivity index (χ1) is 9.59. The van der Waals surface area contributed by atoms with E-state index in [-0.39, 0.29) is 24.5 Å². The fourth-order valence-electron chi connectivity index (χ4n) is 2.50. The van der Waals surface area contributed by atoms with Gasteiger partial charge in [-0.05, 0) is 38.9 Å². The van der Waals surface area contributed by atoms with E-state index >= 15 is 0 Å². The van der Waals surface area contributed by atoms with Crippen molar-refractivity contribution in [1.29, 1.82) is 0 Å². The monoisotopic (exact) mass is 280 g/mol. The molecule has 5 heteroatoms. The second-order valence-electron chi connectivity index (χ2n) is 5.17. The molecule has 1 aromatic rings. The molecular formula is C15H21FN2O2. The van der Waals surface area contributed by atoms with Gasteiger partial charge in [0.2, 0.25) is 5.91 Å². The van der Waals surface area contributed by atoms with E-state index in [0.717, 1.165) is 25.8 Å². The highest BCUT2D eigenvalue weighted by atomic mass is 19.1. The molecule has 1 aliphatic heterocycles. The zero-order chi connectivity index (χ0) is 14.5. The molecule has 1 unspecified atom stereocenters. The van der Waals surface area contributed by atoms with Crippen LogP contribution in [0.15, 0.2) is 24.3 Å². The largest absolute Gasteiger partial charge is 0.285 e. The lowest BCUT2D eigenvalue weighted by Crippen LogP contribution is -2.50. The molecule has 20 heavy (non-hydrogen) atoms. The van der Waals surface area contributed by atoms with Crippen molar-refractivity contribution in [3.8, 4) is 0 Å². The van der Waals surface area contributed by atoms with E-state index in [1.54, 1.807) is 18.2 Å². The molecule has 0 saturated carbocycles. The zero-order valence-electron chi connectivity index (χ0n) is 12.0. The van der Waals surface area contributed by atoms with Gasteiger partial charge >= 0.3 is 0 Å². The van der Waals surface area contributed by atoms with Crippen LogP contribution in [-0.2, 0) is 16.2 Å². The predicted molar refractivity (Wildman–Crippen MR) is 74.0 cm³/mol. The van der Waals surface area contributed by atoms with Gasteiger partial charge in [-0.1, -0.05) is 18.2 Å². The van der Waals surface area contributed by atoms with Crippen molar-refractivity contribution >= 4 is 5.91 Å². The van der Waals surface area contributed by atoms with E-state index in [1.165, 1.54) is 18.1 Å². The highest BCUT2D eigenvalue weighted by Crippen LogP contribution is 2.20. The predicted octanol–water partition coefficient (Wildman–Crippen LogP) is 2.55. The molecule has 1 amide bonds. The average Bonchev–Trinajstić information content (AvgIpc) is 2.42. The molecular weight excluding hydrogens is 259 g/mol. The van der Waals surface area contributed by atoms with Crippen LogP contribution in [0.3, 0.4) is 0 Å². The molecule has 1 atom stereocenters. The van der Waals surface area contributed by atoms with Crippen LogP contribution in [-0.4, -0.2) is 35.6 Å². The summed E-state index contributed by atoms with van der Waals surface area (Å²) in [6.45, 7) is 2.48. The molecule has 1 saturated heterocycles. The second kappa shape index (κ2) is 6.81. The molecule has 0 N–H and O–H groups in total. The minimum absolute atomic E-state index is 0.0620. The van der Waals surface area contributed by atoms with Gasteiger partial charge in [0, 0.05) is 12.5 Å². The van der Waals surface area contributed by atoms with Crippen molar-refractivity contribution in [2.24, 2.45) is 0 Å². The van der Waals surface area contributed by atoms with Gasteiger partial charge < -0.3 is 0 Å². The van der Waals surface area contributed by atoms with Crippen LogP contribution in [0.5, 0.6) is 0 Å². The molecule has 0 bridgehead atoms. The van der Waals surface area contributed by atoms with Crippen molar-refractivity contribution in [1.82, 2.24) is 9.96 Å². The smallest absolute Gasteiger partial charge is 0.244 e. The Hall–Kier alpha value is -1.46. The van der Waals surface area contributed by atoms with Crippen LogP contribution < -0.4 is 0 Å². The fourth-order valence-corrected chi connectivity index (χ4v) is 2.50. The first kappa shape index (κ1) is 14.9. The van der Waals surface area contributed by atoms with E-state index < -0.39 is 0 Å². The van der Waals surface area contributed by atoms with Crippen molar-refractivity contribution in [2.45, 2.75) is 39.0 Å². The van der Waals surface area contributed by atoms with Crippen molar-refractivity contribution in [3.63, 3.8) is 0 Å². The summed E-state index contributed by atoms with van der Waals surface area (Å²) < 4.78 is 13.6. The number of hydrogen-bond acceptors (Lipinski definition) is 3. The Morgan fingerprint density at radius 2 is 2.20 bits per heavy atom.